The van der Waals surface area contributed by atoms with Gasteiger partial charge in [0.05, 0.1) is 17.4 Å². The molecule has 3 heterocycles. The lowest BCUT2D eigenvalue weighted by Gasteiger charge is -2.10. The van der Waals surface area contributed by atoms with Crippen molar-refractivity contribution in [1.82, 2.24) is 25.3 Å². The Morgan fingerprint density at radius 1 is 1.16 bits per heavy atom. The van der Waals surface area contributed by atoms with Crippen LogP contribution in [0.2, 0.25) is 0 Å². The molecule has 31 heavy (non-hydrogen) atoms. The van der Waals surface area contributed by atoms with Gasteiger partial charge in [0.1, 0.15) is 0 Å². The number of aromatic amines is 1. The summed E-state index contributed by atoms with van der Waals surface area (Å²) in [6.45, 7) is 4.37. The van der Waals surface area contributed by atoms with E-state index in [1.807, 2.05) is 49.8 Å². The summed E-state index contributed by atoms with van der Waals surface area (Å²) < 4.78 is 3.05. The van der Waals surface area contributed by atoms with E-state index in [0.29, 0.717) is 6.54 Å². The van der Waals surface area contributed by atoms with Crippen LogP contribution < -0.4 is 10.6 Å². The van der Waals surface area contributed by atoms with E-state index in [2.05, 4.69) is 44.1 Å². The van der Waals surface area contributed by atoms with Crippen molar-refractivity contribution in [2.75, 3.05) is 5.32 Å². The molecule has 0 saturated carbocycles. The largest absolute Gasteiger partial charge is 0.334 e. The molecule has 2 amide bonds. The van der Waals surface area contributed by atoms with Crippen LogP contribution in [0.5, 0.6) is 0 Å². The molecule has 5 rings (SSSR count). The van der Waals surface area contributed by atoms with Crippen LogP contribution >= 0.6 is 11.3 Å². The van der Waals surface area contributed by atoms with E-state index in [1.165, 1.54) is 10.1 Å². The van der Waals surface area contributed by atoms with Crippen molar-refractivity contribution in [3.63, 3.8) is 0 Å². The number of benzene rings is 2. The molecule has 156 valence electrons. The number of aromatic nitrogens is 4. The molecule has 8 heteroatoms. The van der Waals surface area contributed by atoms with Crippen molar-refractivity contribution < 1.29 is 4.79 Å². The van der Waals surface area contributed by atoms with Gasteiger partial charge >= 0.3 is 6.03 Å². The number of carbonyl (C=O) groups is 1. The highest BCUT2D eigenvalue weighted by molar-refractivity contribution is 7.22. The van der Waals surface area contributed by atoms with Gasteiger partial charge in [-0.2, -0.15) is 10.2 Å². The molecule has 5 aromatic rings. The fourth-order valence-corrected chi connectivity index (χ4v) is 4.94. The Balaban J connectivity index is 1.42. The number of rotatable bonds is 4. The predicted molar refractivity (Wildman–Crippen MR) is 125 cm³/mol. The van der Waals surface area contributed by atoms with E-state index >= 15 is 0 Å². The summed E-state index contributed by atoms with van der Waals surface area (Å²) in [7, 11) is 1.90. The average Bonchev–Trinajstić information content (AvgIpc) is 3.44. The Morgan fingerprint density at radius 3 is 2.77 bits per heavy atom. The Kier molecular flexibility index (Phi) is 4.71. The highest BCUT2D eigenvalue weighted by Gasteiger charge is 2.14. The molecule has 2 aromatic carbocycles. The quantitative estimate of drug-likeness (QED) is 0.370. The standard InChI is InChI=1S/C23H22N6OS/c1-13-19(14(2)29(3)28-13)12-24-23(30)26-17-8-16-11-25-27-22(16)18(10-17)21-9-15-6-4-5-7-20(15)31-21/h4-11H,12H2,1-3H3,(H,25,27)(H2,24,26,30). The third-order valence-corrected chi connectivity index (χ3v) is 6.73. The average molecular weight is 431 g/mol. The summed E-state index contributed by atoms with van der Waals surface area (Å²) in [5.41, 5.74) is 5.70. The fourth-order valence-electron chi connectivity index (χ4n) is 3.86. The van der Waals surface area contributed by atoms with Gasteiger partial charge < -0.3 is 10.6 Å². The second-order valence-corrected chi connectivity index (χ2v) is 8.67. The minimum Gasteiger partial charge on any atom is -0.334 e. The number of aryl methyl sites for hydroxylation is 2. The van der Waals surface area contributed by atoms with E-state index in [-0.39, 0.29) is 6.03 Å². The van der Waals surface area contributed by atoms with Crippen molar-refractivity contribution in [2.45, 2.75) is 20.4 Å². The molecule has 3 aromatic heterocycles. The zero-order valence-corrected chi connectivity index (χ0v) is 18.3. The maximum atomic E-state index is 12.6. The van der Waals surface area contributed by atoms with Gasteiger partial charge in [-0.05, 0) is 43.5 Å². The monoisotopic (exact) mass is 430 g/mol. The van der Waals surface area contributed by atoms with Crippen molar-refractivity contribution in [1.29, 1.82) is 0 Å². The van der Waals surface area contributed by atoms with Gasteiger partial charge in [-0.25, -0.2) is 4.79 Å². The van der Waals surface area contributed by atoms with Crippen LogP contribution in [0, 0.1) is 13.8 Å². The first-order valence-corrected chi connectivity index (χ1v) is 10.8. The lowest BCUT2D eigenvalue weighted by atomic mass is 10.1. The number of anilines is 1. The van der Waals surface area contributed by atoms with E-state index in [9.17, 15) is 4.79 Å². The molecule has 0 saturated heterocycles. The maximum absolute atomic E-state index is 12.6. The van der Waals surface area contributed by atoms with Crippen molar-refractivity contribution >= 4 is 44.0 Å². The van der Waals surface area contributed by atoms with Gasteiger partial charge in [0.25, 0.3) is 0 Å². The SMILES string of the molecule is Cc1nn(C)c(C)c1CNC(=O)Nc1cc(-c2cc3ccccc3s2)c2[nH]ncc2c1. The first-order valence-electron chi connectivity index (χ1n) is 9.99. The molecule has 0 bridgehead atoms. The number of carbonyl (C=O) groups excluding carboxylic acids is 1. The number of thiophene rings is 1. The molecule has 3 N–H and O–H groups in total. The Bertz CT molecular complexity index is 1390. The smallest absolute Gasteiger partial charge is 0.319 e. The number of H-pyrrole nitrogens is 1. The van der Waals surface area contributed by atoms with E-state index in [1.54, 1.807) is 17.5 Å². The number of fused-ring (bicyclic) bond motifs is 2. The molecule has 0 aliphatic heterocycles. The topological polar surface area (TPSA) is 87.6 Å². The Morgan fingerprint density at radius 2 is 2.00 bits per heavy atom. The third kappa shape index (κ3) is 3.55. The number of nitrogens with zero attached hydrogens (tertiary/aromatic N) is 3. The summed E-state index contributed by atoms with van der Waals surface area (Å²) >= 11 is 1.72. The second-order valence-electron chi connectivity index (χ2n) is 7.59. The molecule has 0 spiro atoms. The Hall–Kier alpha value is -3.65. The summed E-state index contributed by atoms with van der Waals surface area (Å²) in [5, 5.41) is 19.8. The lowest BCUT2D eigenvalue weighted by Crippen LogP contribution is -2.28. The summed E-state index contributed by atoms with van der Waals surface area (Å²) in [6, 6.07) is 14.1. The van der Waals surface area contributed by atoms with Gasteiger partial charge in [0, 0.05) is 51.1 Å². The zero-order chi connectivity index (χ0) is 21.5. The Labute approximate surface area is 183 Å². The number of hydrogen-bond acceptors (Lipinski definition) is 4. The van der Waals surface area contributed by atoms with Gasteiger partial charge in [0.15, 0.2) is 0 Å². The molecule has 0 unspecified atom stereocenters. The first-order chi connectivity index (χ1) is 15.0. The summed E-state index contributed by atoms with van der Waals surface area (Å²) in [6.07, 6.45) is 1.78. The normalized spacial score (nSPS) is 11.3. The van der Waals surface area contributed by atoms with E-state index in [4.69, 9.17) is 0 Å². The molecular weight excluding hydrogens is 408 g/mol. The summed E-state index contributed by atoms with van der Waals surface area (Å²) in [5.74, 6) is 0. The second kappa shape index (κ2) is 7.55. The minimum absolute atomic E-state index is 0.257. The van der Waals surface area contributed by atoms with Gasteiger partial charge in [-0.15, -0.1) is 11.3 Å². The van der Waals surface area contributed by atoms with Gasteiger partial charge in [0.2, 0.25) is 0 Å². The minimum atomic E-state index is -0.257. The van der Waals surface area contributed by atoms with E-state index in [0.717, 1.165) is 44.0 Å². The zero-order valence-electron chi connectivity index (χ0n) is 17.5. The molecule has 0 radical (unpaired) electrons. The van der Waals surface area contributed by atoms with Gasteiger partial charge in [-0.3, -0.25) is 9.78 Å². The highest BCUT2D eigenvalue weighted by Crippen LogP contribution is 2.38. The number of amides is 2. The van der Waals surface area contributed by atoms with Crippen LogP contribution in [0.3, 0.4) is 0 Å². The lowest BCUT2D eigenvalue weighted by molar-refractivity contribution is 0.251. The van der Waals surface area contributed by atoms with Crippen molar-refractivity contribution in [3.05, 3.63) is 65.6 Å². The fraction of sp³-hybridized carbons (Fsp3) is 0.174. The predicted octanol–water partition coefficient (Wildman–Crippen LogP) is 5.12. The number of nitrogens with one attached hydrogen (secondary N) is 3. The van der Waals surface area contributed by atoms with Crippen LogP contribution in [0.15, 0.2) is 48.7 Å². The van der Waals surface area contributed by atoms with Crippen LogP contribution in [0.1, 0.15) is 17.0 Å². The van der Waals surface area contributed by atoms with Crippen LogP contribution in [0.25, 0.3) is 31.4 Å². The molecule has 7 nitrogen and oxygen atoms in total. The molecule has 0 aliphatic carbocycles. The molecular formula is C23H22N6OS. The first kappa shape index (κ1) is 19.3. The summed E-state index contributed by atoms with van der Waals surface area (Å²) in [4.78, 5) is 13.7. The maximum Gasteiger partial charge on any atom is 0.319 e. The number of urea groups is 1. The van der Waals surface area contributed by atoms with Gasteiger partial charge in [-0.1, -0.05) is 18.2 Å². The highest BCUT2D eigenvalue weighted by atomic mass is 32.1. The van der Waals surface area contributed by atoms with E-state index < -0.39 is 0 Å². The van der Waals surface area contributed by atoms with Crippen LogP contribution in [-0.4, -0.2) is 26.0 Å². The van der Waals surface area contributed by atoms with Crippen molar-refractivity contribution in [2.24, 2.45) is 7.05 Å². The third-order valence-electron chi connectivity index (χ3n) is 5.58. The van der Waals surface area contributed by atoms with Crippen LogP contribution in [-0.2, 0) is 13.6 Å². The van der Waals surface area contributed by atoms with Crippen molar-refractivity contribution in [3.8, 4) is 10.4 Å². The number of hydrogen-bond donors (Lipinski definition) is 3. The van der Waals surface area contributed by atoms with Crippen LogP contribution in [0.4, 0.5) is 10.5 Å². The molecule has 0 aliphatic rings. The molecule has 0 atom stereocenters. The molecule has 0 fully saturated rings.